The van der Waals surface area contributed by atoms with Gasteiger partial charge in [0.15, 0.2) is 0 Å². The Morgan fingerprint density at radius 1 is 1.11 bits per heavy atom. The predicted molar refractivity (Wildman–Crippen MR) is 108 cm³/mol. The molecule has 3 rings (SSSR count). The van der Waals surface area contributed by atoms with E-state index in [-0.39, 0.29) is 16.9 Å². The van der Waals surface area contributed by atoms with Crippen LogP contribution < -0.4 is 5.32 Å². The Morgan fingerprint density at radius 2 is 1.70 bits per heavy atom. The van der Waals surface area contributed by atoms with Crippen LogP contribution in [0.4, 0.5) is 4.39 Å². The SMILES string of the molecule is Cc1nn(C)cc1CN(Cc1ccccc1F)C1CC(C)(C)NC(C)(C)C1. The van der Waals surface area contributed by atoms with Gasteiger partial charge in [0.2, 0.25) is 0 Å². The van der Waals surface area contributed by atoms with Gasteiger partial charge in [0.05, 0.1) is 5.69 Å². The van der Waals surface area contributed by atoms with Crippen molar-refractivity contribution >= 4 is 0 Å². The number of piperidine rings is 1. The van der Waals surface area contributed by atoms with Crippen LogP contribution >= 0.6 is 0 Å². The molecule has 0 spiro atoms. The van der Waals surface area contributed by atoms with Crippen LogP contribution in [0.3, 0.4) is 0 Å². The zero-order valence-corrected chi connectivity index (χ0v) is 17.5. The number of nitrogens with zero attached hydrogens (tertiary/aromatic N) is 3. The topological polar surface area (TPSA) is 33.1 Å². The lowest BCUT2D eigenvalue weighted by Gasteiger charge is -2.49. The largest absolute Gasteiger partial charge is 0.307 e. The van der Waals surface area contributed by atoms with Gasteiger partial charge in [-0.2, -0.15) is 5.10 Å². The summed E-state index contributed by atoms with van der Waals surface area (Å²) in [5.41, 5.74) is 3.10. The second-order valence-electron chi connectivity index (χ2n) is 9.36. The average Bonchev–Trinajstić information content (AvgIpc) is 2.83. The summed E-state index contributed by atoms with van der Waals surface area (Å²) >= 11 is 0. The first-order chi connectivity index (χ1) is 12.5. The van der Waals surface area contributed by atoms with Crippen molar-refractivity contribution in [3.63, 3.8) is 0 Å². The van der Waals surface area contributed by atoms with Crippen molar-refractivity contribution in [3.8, 4) is 0 Å². The molecule has 148 valence electrons. The minimum atomic E-state index is -0.127. The first kappa shape index (κ1) is 20.0. The minimum Gasteiger partial charge on any atom is -0.307 e. The molecule has 0 radical (unpaired) electrons. The second kappa shape index (κ2) is 7.36. The number of rotatable bonds is 5. The van der Waals surface area contributed by atoms with Crippen LogP contribution in [0.5, 0.6) is 0 Å². The molecule has 2 heterocycles. The van der Waals surface area contributed by atoms with Gasteiger partial charge in [0, 0.05) is 54.6 Å². The van der Waals surface area contributed by atoms with E-state index in [0.717, 1.165) is 30.6 Å². The van der Waals surface area contributed by atoms with E-state index in [1.807, 2.05) is 30.8 Å². The van der Waals surface area contributed by atoms with Crippen LogP contribution in [0.25, 0.3) is 0 Å². The Morgan fingerprint density at radius 3 is 2.26 bits per heavy atom. The quantitative estimate of drug-likeness (QED) is 0.855. The Bertz CT molecular complexity index is 777. The lowest BCUT2D eigenvalue weighted by atomic mass is 9.78. The smallest absolute Gasteiger partial charge is 0.127 e. The van der Waals surface area contributed by atoms with E-state index in [1.165, 1.54) is 5.56 Å². The van der Waals surface area contributed by atoms with E-state index in [1.54, 1.807) is 12.1 Å². The molecule has 0 aliphatic carbocycles. The molecule has 27 heavy (non-hydrogen) atoms. The molecule has 1 aromatic carbocycles. The Hall–Kier alpha value is -1.72. The summed E-state index contributed by atoms with van der Waals surface area (Å²) in [6.45, 7) is 12.5. The molecule has 1 aromatic heterocycles. The minimum absolute atomic E-state index is 0.0455. The molecular weight excluding hydrogens is 339 g/mol. The molecule has 5 heteroatoms. The van der Waals surface area contributed by atoms with E-state index < -0.39 is 0 Å². The van der Waals surface area contributed by atoms with Crippen molar-refractivity contribution in [2.24, 2.45) is 7.05 Å². The zero-order chi connectivity index (χ0) is 19.8. The van der Waals surface area contributed by atoms with E-state index in [2.05, 4.69) is 49.2 Å². The van der Waals surface area contributed by atoms with Gasteiger partial charge in [-0.05, 0) is 53.5 Å². The van der Waals surface area contributed by atoms with Gasteiger partial charge in [0.25, 0.3) is 0 Å². The number of aryl methyl sites for hydroxylation is 2. The van der Waals surface area contributed by atoms with Crippen LogP contribution in [-0.4, -0.2) is 31.8 Å². The molecule has 1 aliphatic rings. The molecule has 1 fully saturated rings. The Labute approximate surface area is 162 Å². The first-order valence-corrected chi connectivity index (χ1v) is 9.81. The van der Waals surface area contributed by atoms with Crippen molar-refractivity contribution in [3.05, 3.63) is 53.1 Å². The van der Waals surface area contributed by atoms with Gasteiger partial charge < -0.3 is 5.32 Å². The number of hydrogen-bond donors (Lipinski definition) is 1. The normalized spacial score (nSPS) is 19.6. The summed E-state index contributed by atoms with van der Waals surface area (Å²) in [4.78, 5) is 2.44. The number of benzene rings is 1. The van der Waals surface area contributed by atoms with E-state index in [9.17, 15) is 4.39 Å². The fourth-order valence-corrected chi connectivity index (χ4v) is 4.71. The van der Waals surface area contributed by atoms with Crippen molar-refractivity contribution in [1.29, 1.82) is 0 Å². The average molecular weight is 373 g/mol. The highest BCUT2D eigenvalue weighted by molar-refractivity contribution is 5.19. The molecule has 0 unspecified atom stereocenters. The fraction of sp³-hybridized carbons (Fsp3) is 0.591. The number of nitrogens with one attached hydrogen (secondary N) is 1. The fourth-order valence-electron chi connectivity index (χ4n) is 4.71. The molecule has 1 saturated heterocycles. The van der Waals surface area contributed by atoms with Gasteiger partial charge >= 0.3 is 0 Å². The van der Waals surface area contributed by atoms with Crippen LogP contribution in [0.2, 0.25) is 0 Å². The highest BCUT2D eigenvalue weighted by Crippen LogP contribution is 2.33. The third-order valence-corrected chi connectivity index (χ3v) is 5.50. The van der Waals surface area contributed by atoms with Crippen LogP contribution in [-0.2, 0) is 20.1 Å². The molecule has 2 aromatic rings. The molecule has 1 aliphatic heterocycles. The van der Waals surface area contributed by atoms with E-state index in [4.69, 9.17) is 0 Å². The predicted octanol–water partition coefficient (Wildman–Crippen LogP) is 4.18. The summed E-state index contributed by atoms with van der Waals surface area (Å²) in [6, 6.07) is 7.50. The molecule has 0 saturated carbocycles. The van der Waals surface area contributed by atoms with Gasteiger partial charge in [-0.15, -0.1) is 0 Å². The van der Waals surface area contributed by atoms with E-state index >= 15 is 0 Å². The number of aromatic nitrogens is 2. The van der Waals surface area contributed by atoms with Gasteiger partial charge in [-0.25, -0.2) is 4.39 Å². The lowest BCUT2D eigenvalue weighted by molar-refractivity contribution is 0.0556. The maximum Gasteiger partial charge on any atom is 0.127 e. The van der Waals surface area contributed by atoms with Gasteiger partial charge in [0.1, 0.15) is 5.82 Å². The van der Waals surface area contributed by atoms with Crippen molar-refractivity contribution in [1.82, 2.24) is 20.0 Å². The molecular formula is C22H33FN4. The summed E-state index contributed by atoms with van der Waals surface area (Å²) < 4.78 is 16.3. The number of halogens is 1. The highest BCUT2D eigenvalue weighted by atomic mass is 19.1. The molecule has 0 bridgehead atoms. The molecule has 0 atom stereocenters. The Kier molecular flexibility index (Phi) is 5.46. The summed E-state index contributed by atoms with van der Waals surface area (Å²) in [6.07, 6.45) is 4.15. The van der Waals surface area contributed by atoms with Gasteiger partial charge in [-0.3, -0.25) is 9.58 Å². The summed E-state index contributed by atoms with van der Waals surface area (Å²) in [7, 11) is 1.95. The molecule has 1 N–H and O–H groups in total. The Balaban J connectivity index is 1.91. The molecule has 0 amide bonds. The zero-order valence-electron chi connectivity index (χ0n) is 17.5. The van der Waals surface area contributed by atoms with E-state index in [0.29, 0.717) is 12.6 Å². The first-order valence-electron chi connectivity index (χ1n) is 9.81. The lowest BCUT2D eigenvalue weighted by Crippen LogP contribution is -2.62. The number of hydrogen-bond acceptors (Lipinski definition) is 3. The van der Waals surface area contributed by atoms with Crippen LogP contribution in [0.15, 0.2) is 30.5 Å². The maximum absolute atomic E-state index is 14.4. The summed E-state index contributed by atoms with van der Waals surface area (Å²) in [5, 5.41) is 8.25. The maximum atomic E-state index is 14.4. The molecule has 4 nitrogen and oxygen atoms in total. The van der Waals surface area contributed by atoms with Crippen LogP contribution in [0.1, 0.15) is 57.4 Å². The van der Waals surface area contributed by atoms with Crippen molar-refractivity contribution in [2.75, 3.05) is 0 Å². The van der Waals surface area contributed by atoms with Crippen molar-refractivity contribution < 1.29 is 4.39 Å². The third kappa shape index (κ3) is 4.96. The standard InChI is InChI=1S/C22H33FN4/c1-16-18(13-26(6)24-16)15-27(14-17-9-7-8-10-20(17)23)19-11-21(2,3)25-22(4,5)12-19/h7-10,13,19,25H,11-12,14-15H2,1-6H3. The van der Waals surface area contributed by atoms with Crippen molar-refractivity contribution in [2.45, 2.75) is 77.7 Å². The highest BCUT2D eigenvalue weighted by Gasteiger charge is 2.40. The second-order valence-corrected chi connectivity index (χ2v) is 9.36. The monoisotopic (exact) mass is 372 g/mol. The van der Waals surface area contributed by atoms with Crippen LogP contribution in [0, 0.1) is 12.7 Å². The summed E-state index contributed by atoms with van der Waals surface area (Å²) in [5.74, 6) is -0.127. The third-order valence-electron chi connectivity index (χ3n) is 5.50. The van der Waals surface area contributed by atoms with Gasteiger partial charge in [-0.1, -0.05) is 18.2 Å².